The third kappa shape index (κ3) is 3.72. The van der Waals surface area contributed by atoms with Gasteiger partial charge in [-0.05, 0) is 75.4 Å². The average Bonchev–Trinajstić information content (AvgIpc) is 3.35. The van der Waals surface area contributed by atoms with E-state index in [1.54, 1.807) is 58.9 Å². The Morgan fingerprint density at radius 3 is 2.32 bits per heavy atom. The van der Waals surface area contributed by atoms with Gasteiger partial charge in [0.05, 0.1) is 5.41 Å². The zero-order valence-electron chi connectivity index (χ0n) is 23.1. The van der Waals surface area contributed by atoms with Gasteiger partial charge in [-0.25, -0.2) is 9.59 Å². The van der Waals surface area contributed by atoms with E-state index in [1.807, 2.05) is 6.92 Å². The molecule has 2 fully saturated rings. The summed E-state index contributed by atoms with van der Waals surface area (Å²) in [4.78, 5) is 39.8. The minimum absolute atomic E-state index is 0.0416. The third-order valence-corrected chi connectivity index (χ3v) is 9.82. The molecule has 0 radical (unpaired) electrons. The molecule has 202 valence electrons. The number of hydrogen-bond acceptors (Lipinski definition) is 7. The molecule has 3 unspecified atom stereocenters. The number of allylic oxidation sites excluding steroid dienone is 3. The van der Waals surface area contributed by atoms with E-state index in [2.05, 4.69) is 13.8 Å². The summed E-state index contributed by atoms with van der Waals surface area (Å²) < 4.78 is 11.3. The minimum atomic E-state index is -2.15. The SMILES string of the molecule is C/C=C(/C)C(=O)OCC1=C[C@@H]2C(=O)C3(C=C(C)[C@H](OC(=O)/C(C)=C\C)[C@@]3(O)[C@@H]1O)[C@H](C)CC1C2C1(C)C. The number of ketones is 1. The Labute approximate surface area is 219 Å². The van der Waals surface area contributed by atoms with Crippen LogP contribution in [0.1, 0.15) is 61.8 Å². The summed E-state index contributed by atoms with van der Waals surface area (Å²) in [5.74, 6) is -1.93. The largest absolute Gasteiger partial charge is 0.458 e. The monoisotopic (exact) mass is 512 g/mol. The predicted octanol–water partition coefficient (Wildman–Crippen LogP) is 3.85. The molecule has 4 aliphatic rings. The lowest BCUT2D eigenvalue weighted by molar-refractivity contribution is -0.201. The highest BCUT2D eigenvalue weighted by atomic mass is 16.6. The fraction of sp³-hybridized carbons (Fsp3) is 0.633. The van der Waals surface area contributed by atoms with Crippen LogP contribution in [0, 0.1) is 34.5 Å². The summed E-state index contributed by atoms with van der Waals surface area (Å²) in [6.45, 7) is 14.4. The summed E-state index contributed by atoms with van der Waals surface area (Å²) in [7, 11) is 0. The van der Waals surface area contributed by atoms with Gasteiger partial charge in [0, 0.05) is 17.1 Å². The Morgan fingerprint density at radius 2 is 1.73 bits per heavy atom. The Bertz CT molecular complexity index is 1150. The van der Waals surface area contributed by atoms with E-state index in [9.17, 15) is 24.6 Å². The fourth-order valence-electron chi connectivity index (χ4n) is 7.28. The van der Waals surface area contributed by atoms with Crippen LogP contribution in [-0.2, 0) is 23.9 Å². The molecule has 2 saturated carbocycles. The van der Waals surface area contributed by atoms with Crippen molar-refractivity contribution in [2.45, 2.75) is 79.6 Å². The molecule has 0 aromatic heterocycles. The molecule has 0 saturated heterocycles. The van der Waals surface area contributed by atoms with E-state index in [1.165, 1.54) is 0 Å². The summed E-state index contributed by atoms with van der Waals surface area (Å²) in [5, 5.41) is 24.4. The number of aliphatic hydroxyl groups excluding tert-OH is 1. The van der Waals surface area contributed by atoms with Gasteiger partial charge in [0.15, 0.2) is 17.5 Å². The number of Topliss-reactive ketones (excluding diaryl/α,β-unsaturated/α-hetero) is 1. The number of ether oxygens (including phenoxy) is 2. The lowest BCUT2D eigenvalue weighted by Crippen LogP contribution is -2.65. The number of carbonyl (C=O) groups is 3. The van der Waals surface area contributed by atoms with Crippen molar-refractivity contribution in [3.8, 4) is 0 Å². The molecule has 0 aromatic carbocycles. The third-order valence-electron chi connectivity index (χ3n) is 9.82. The molecule has 0 aromatic rings. The maximum absolute atomic E-state index is 14.5. The van der Waals surface area contributed by atoms with Gasteiger partial charge in [-0.15, -0.1) is 0 Å². The number of hydrogen-bond donors (Lipinski definition) is 2. The molecule has 0 heterocycles. The molecule has 0 amide bonds. The zero-order chi connectivity index (χ0) is 27.7. The van der Waals surface area contributed by atoms with E-state index in [-0.39, 0.29) is 41.1 Å². The van der Waals surface area contributed by atoms with Crippen LogP contribution in [-0.4, -0.2) is 52.4 Å². The smallest absolute Gasteiger partial charge is 0.334 e. The maximum Gasteiger partial charge on any atom is 0.334 e. The fourth-order valence-corrected chi connectivity index (χ4v) is 7.28. The molecule has 7 nitrogen and oxygen atoms in total. The van der Waals surface area contributed by atoms with Gasteiger partial charge in [0.25, 0.3) is 0 Å². The number of aliphatic hydroxyl groups is 2. The molecule has 7 heteroatoms. The van der Waals surface area contributed by atoms with Crippen molar-refractivity contribution in [1.82, 2.24) is 0 Å². The first-order chi connectivity index (χ1) is 17.2. The van der Waals surface area contributed by atoms with Crippen molar-refractivity contribution in [2.75, 3.05) is 6.61 Å². The van der Waals surface area contributed by atoms with Gasteiger partial charge in [-0.2, -0.15) is 0 Å². The van der Waals surface area contributed by atoms with Crippen molar-refractivity contribution < 1.29 is 34.1 Å². The zero-order valence-corrected chi connectivity index (χ0v) is 23.1. The highest BCUT2D eigenvalue weighted by Crippen LogP contribution is 2.71. The summed E-state index contributed by atoms with van der Waals surface area (Å²) in [6, 6.07) is 0. The first-order valence-electron chi connectivity index (χ1n) is 13.2. The second kappa shape index (κ2) is 9.05. The van der Waals surface area contributed by atoms with E-state index in [0.717, 1.165) is 0 Å². The molecule has 37 heavy (non-hydrogen) atoms. The molecular weight excluding hydrogens is 472 g/mol. The number of esters is 2. The molecule has 4 aliphatic carbocycles. The molecule has 0 aliphatic heterocycles. The minimum Gasteiger partial charge on any atom is -0.458 e. The highest BCUT2D eigenvalue weighted by molar-refractivity contribution is 5.96. The van der Waals surface area contributed by atoms with Crippen LogP contribution in [0.4, 0.5) is 0 Å². The van der Waals surface area contributed by atoms with Crippen LogP contribution in [0.2, 0.25) is 0 Å². The second-order valence-corrected chi connectivity index (χ2v) is 12.0. The van der Waals surface area contributed by atoms with Crippen molar-refractivity contribution in [1.29, 1.82) is 0 Å². The van der Waals surface area contributed by atoms with Gasteiger partial charge >= 0.3 is 11.9 Å². The van der Waals surface area contributed by atoms with Crippen LogP contribution in [0.5, 0.6) is 0 Å². The topological polar surface area (TPSA) is 110 Å². The lowest BCUT2D eigenvalue weighted by atomic mass is 9.59. The van der Waals surface area contributed by atoms with Crippen molar-refractivity contribution in [3.63, 3.8) is 0 Å². The van der Waals surface area contributed by atoms with E-state index in [4.69, 9.17) is 9.47 Å². The first-order valence-corrected chi connectivity index (χ1v) is 13.2. The predicted molar refractivity (Wildman–Crippen MR) is 138 cm³/mol. The van der Waals surface area contributed by atoms with Crippen LogP contribution in [0.15, 0.2) is 46.6 Å². The van der Waals surface area contributed by atoms with Crippen LogP contribution < -0.4 is 0 Å². The number of carbonyl (C=O) groups excluding carboxylic acids is 3. The Hall–Kier alpha value is -2.51. The highest BCUT2D eigenvalue weighted by Gasteiger charge is 2.76. The Morgan fingerprint density at radius 1 is 1.14 bits per heavy atom. The van der Waals surface area contributed by atoms with Gasteiger partial charge in [-0.3, -0.25) is 4.79 Å². The van der Waals surface area contributed by atoms with E-state index < -0.39 is 41.1 Å². The Kier molecular flexibility index (Phi) is 6.73. The summed E-state index contributed by atoms with van der Waals surface area (Å²) in [6.07, 6.45) is 4.56. The van der Waals surface area contributed by atoms with Gasteiger partial charge in [0.1, 0.15) is 12.7 Å². The molecule has 8 atom stereocenters. The quantitative estimate of drug-likeness (QED) is 0.327. The van der Waals surface area contributed by atoms with E-state index >= 15 is 0 Å². The number of rotatable bonds is 5. The summed E-state index contributed by atoms with van der Waals surface area (Å²) >= 11 is 0. The van der Waals surface area contributed by atoms with Gasteiger partial charge in [-0.1, -0.05) is 45.1 Å². The van der Waals surface area contributed by atoms with E-state index in [0.29, 0.717) is 23.1 Å². The lowest BCUT2D eigenvalue weighted by Gasteiger charge is -2.48. The maximum atomic E-state index is 14.5. The first kappa shape index (κ1) is 27.5. The van der Waals surface area contributed by atoms with Gasteiger partial charge < -0.3 is 19.7 Å². The van der Waals surface area contributed by atoms with Crippen molar-refractivity contribution >= 4 is 17.7 Å². The Balaban J connectivity index is 1.86. The van der Waals surface area contributed by atoms with Crippen molar-refractivity contribution in [2.24, 2.45) is 34.5 Å². The molecule has 2 N–H and O–H groups in total. The van der Waals surface area contributed by atoms with Crippen LogP contribution in [0.25, 0.3) is 0 Å². The molecular formula is C30H40O7. The second-order valence-electron chi connectivity index (χ2n) is 12.0. The standard InChI is InChI=1S/C30H40O7/c1-9-15(3)26(33)36-14-19-12-20-22-21(28(22,7)8)11-18(6)29(24(20)32)13-17(5)25(30(29,35)23(19)31)37-27(34)16(4)10-2/h9-10,12-13,18,20-23,25,31,35H,11,14H2,1-8H3/b15-9-,16-10-/t18-,20+,21?,22?,23-,25+,29?,30+/m1/s1. The molecule has 4 rings (SSSR count). The average molecular weight is 513 g/mol. The number of fused-ring (bicyclic) bond motifs is 3. The normalized spacial score (nSPS) is 40.4. The van der Waals surface area contributed by atoms with Crippen molar-refractivity contribution in [3.05, 3.63) is 46.6 Å². The van der Waals surface area contributed by atoms with Crippen LogP contribution >= 0.6 is 0 Å². The molecule has 2 bridgehead atoms. The summed E-state index contributed by atoms with van der Waals surface area (Å²) in [5.41, 5.74) is -2.14. The molecule has 1 spiro atoms. The van der Waals surface area contributed by atoms with Gasteiger partial charge in [0.2, 0.25) is 0 Å². The van der Waals surface area contributed by atoms with Crippen LogP contribution in [0.3, 0.4) is 0 Å².